The molecule has 1 aliphatic carbocycles. The van der Waals surface area contributed by atoms with Crippen LogP contribution < -0.4 is 0 Å². The molecule has 1 spiro atoms. The van der Waals surface area contributed by atoms with Gasteiger partial charge >= 0.3 is 5.97 Å². The van der Waals surface area contributed by atoms with Crippen molar-refractivity contribution in [2.24, 2.45) is 23.7 Å². The molecule has 0 aromatic heterocycles. The predicted molar refractivity (Wildman–Crippen MR) is 116 cm³/mol. The van der Waals surface area contributed by atoms with Gasteiger partial charge in [-0.25, -0.2) is 14.6 Å². The van der Waals surface area contributed by atoms with Gasteiger partial charge < -0.3 is 14.2 Å². The van der Waals surface area contributed by atoms with Gasteiger partial charge in [0.2, 0.25) is 12.1 Å². The molecule has 5 aliphatic rings. The Labute approximate surface area is 188 Å². The maximum absolute atomic E-state index is 13.2. The number of carbonyl (C=O) groups is 1. The zero-order valence-electron chi connectivity index (χ0n) is 18.8. The Morgan fingerprint density at radius 1 is 1.00 bits per heavy atom. The Kier molecular flexibility index (Phi) is 4.67. The molecule has 0 amide bonds. The van der Waals surface area contributed by atoms with Crippen molar-refractivity contribution in [1.29, 1.82) is 0 Å². The van der Waals surface area contributed by atoms with Crippen molar-refractivity contribution in [3.63, 3.8) is 0 Å². The Morgan fingerprint density at radius 3 is 2.69 bits per heavy atom. The molecule has 170 valence electrons. The van der Waals surface area contributed by atoms with Crippen LogP contribution in [0.5, 0.6) is 0 Å². The van der Waals surface area contributed by atoms with E-state index in [4.69, 9.17) is 24.0 Å². The lowest BCUT2D eigenvalue weighted by Crippen LogP contribution is -2.70. The maximum atomic E-state index is 13.2. The second-order valence-electron chi connectivity index (χ2n) is 10.2. The number of esters is 1. The third-order valence-corrected chi connectivity index (χ3v) is 8.33. The summed E-state index contributed by atoms with van der Waals surface area (Å²) in [4.78, 5) is 25.3. The van der Waals surface area contributed by atoms with Crippen LogP contribution >= 0.6 is 0 Å². The topological polar surface area (TPSA) is 63.2 Å². The average Bonchev–Trinajstić information content (AvgIpc) is 3.02. The minimum absolute atomic E-state index is 0.0465. The molecule has 32 heavy (non-hydrogen) atoms. The Morgan fingerprint density at radius 2 is 1.81 bits per heavy atom. The van der Waals surface area contributed by atoms with Gasteiger partial charge in [0.15, 0.2) is 11.9 Å². The highest BCUT2D eigenvalue weighted by atomic mass is 17.3. The van der Waals surface area contributed by atoms with E-state index in [2.05, 4.69) is 13.8 Å². The van der Waals surface area contributed by atoms with Gasteiger partial charge in [-0.05, 0) is 54.9 Å². The molecule has 6 nitrogen and oxygen atoms in total. The van der Waals surface area contributed by atoms with Crippen LogP contribution in [0, 0.1) is 23.7 Å². The van der Waals surface area contributed by atoms with Crippen molar-refractivity contribution in [1.82, 2.24) is 0 Å². The summed E-state index contributed by atoms with van der Waals surface area (Å²) in [7, 11) is 0. The molecule has 4 heterocycles. The van der Waals surface area contributed by atoms with Crippen LogP contribution in [-0.2, 0) is 24.0 Å². The molecule has 4 saturated heterocycles. The zero-order valence-corrected chi connectivity index (χ0v) is 18.8. The van der Waals surface area contributed by atoms with Crippen molar-refractivity contribution in [2.45, 2.75) is 70.4 Å². The summed E-state index contributed by atoms with van der Waals surface area (Å²) in [5.41, 5.74) is -0.112. The summed E-state index contributed by atoms with van der Waals surface area (Å²) in [5, 5.41) is 1.88. The fourth-order valence-corrected chi connectivity index (χ4v) is 6.58. The number of carbonyl (C=O) groups excluding carboxylic acids is 1. The molecule has 6 heteroatoms. The predicted octanol–water partition coefficient (Wildman–Crippen LogP) is 5.20. The first kappa shape index (κ1) is 20.6. The molecule has 2 aromatic carbocycles. The second kappa shape index (κ2) is 7.26. The van der Waals surface area contributed by atoms with Crippen LogP contribution in [0.4, 0.5) is 0 Å². The van der Waals surface area contributed by atoms with Gasteiger partial charge in [0, 0.05) is 18.3 Å². The van der Waals surface area contributed by atoms with E-state index in [-0.39, 0.29) is 23.7 Å². The first-order chi connectivity index (χ1) is 15.4. The highest BCUT2D eigenvalue weighted by Crippen LogP contribution is 2.60. The summed E-state index contributed by atoms with van der Waals surface area (Å²) in [6.45, 7) is 6.27. The van der Waals surface area contributed by atoms with Crippen LogP contribution in [0.1, 0.15) is 56.8 Å². The molecule has 0 unspecified atom stereocenters. The van der Waals surface area contributed by atoms with E-state index < -0.39 is 24.0 Å². The lowest BCUT2D eigenvalue weighted by molar-refractivity contribution is -0.576. The third kappa shape index (κ3) is 2.90. The minimum Gasteiger partial charge on any atom is -0.432 e. The van der Waals surface area contributed by atoms with Gasteiger partial charge in [-0.15, -0.1) is 0 Å². The normalized spacial score (nSPS) is 42.8. The quantitative estimate of drug-likeness (QED) is 0.474. The zero-order chi connectivity index (χ0) is 22.1. The van der Waals surface area contributed by atoms with Gasteiger partial charge in [-0.3, -0.25) is 0 Å². The minimum atomic E-state index is -0.845. The highest BCUT2D eigenvalue weighted by Gasteiger charge is 2.69. The van der Waals surface area contributed by atoms with Gasteiger partial charge in [0.25, 0.3) is 0 Å². The highest BCUT2D eigenvalue weighted by molar-refractivity contribution is 6.04. The molecule has 1 saturated carbocycles. The SMILES string of the molecule is C[C@H]1[C@@H](OC(=O)c2cccc3ccccc23)O[C@@H]2O[C@@]3(C)CC[C@H]4[C@H](C)CC[C@@H]1[C@@]24OO3. The number of hydrogen-bond acceptors (Lipinski definition) is 6. The molecule has 0 N–H and O–H groups in total. The summed E-state index contributed by atoms with van der Waals surface area (Å²) in [5.74, 6) is -0.370. The Bertz CT molecular complexity index is 1050. The van der Waals surface area contributed by atoms with Gasteiger partial charge in [0.1, 0.15) is 0 Å². The first-order valence-corrected chi connectivity index (χ1v) is 11.8. The average molecular weight is 439 g/mol. The van der Waals surface area contributed by atoms with Crippen molar-refractivity contribution < 1.29 is 28.8 Å². The number of fused-ring (bicyclic) bond motifs is 3. The van der Waals surface area contributed by atoms with E-state index in [0.29, 0.717) is 11.5 Å². The fraction of sp³-hybridized carbons (Fsp3) is 0.577. The molecular weight excluding hydrogens is 408 g/mol. The molecule has 5 fully saturated rings. The van der Waals surface area contributed by atoms with Crippen LogP contribution in [0.3, 0.4) is 0 Å². The number of benzene rings is 2. The summed E-state index contributed by atoms with van der Waals surface area (Å²) in [6, 6.07) is 13.5. The Hall–Kier alpha value is -1.99. The summed E-state index contributed by atoms with van der Waals surface area (Å²) < 4.78 is 18.7. The smallest absolute Gasteiger partial charge is 0.341 e. The molecule has 0 radical (unpaired) electrons. The first-order valence-electron chi connectivity index (χ1n) is 11.8. The summed E-state index contributed by atoms with van der Waals surface area (Å²) in [6.07, 6.45) is 2.47. The van der Waals surface area contributed by atoms with Gasteiger partial charge in [0.05, 0.1) is 5.56 Å². The summed E-state index contributed by atoms with van der Waals surface area (Å²) >= 11 is 0. The number of hydrogen-bond donors (Lipinski definition) is 0. The van der Waals surface area contributed by atoms with Crippen LogP contribution in [0.25, 0.3) is 10.8 Å². The largest absolute Gasteiger partial charge is 0.432 e. The molecule has 2 aromatic rings. The van der Waals surface area contributed by atoms with E-state index in [9.17, 15) is 4.79 Å². The third-order valence-electron chi connectivity index (χ3n) is 8.33. The second-order valence-corrected chi connectivity index (χ2v) is 10.2. The van der Waals surface area contributed by atoms with E-state index in [0.717, 1.165) is 36.5 Å². The van der Waals surface area contributed by atoms with Crippen LogP contribution in [0.2, 0.25) is 0 Å². The van der Waals surface area contributed by atoms with Crippen molar-refractivity contribution in [3.05, 3.63) is 48.0 Å². The van der Waals surface area contributed by atoms with Crippen molar-refractivity contribution in [2.75, 3.05) is 0 Å². The van der Waals surface area contributed by atoms with Crippen LogP contribution in [-0.4, -0.2) is 29.9 Å². The maximum Gasteiger partial charge on any atom is 0.341 e. The molecule has 7 rings (SSSR count). The number of ether oxygens (including phenoxy) is 3. The molecule has 2 bridgehead atoms. The van der Waals surface area contributed by atoms with E-state index in [1.54, 1.807) is 6.07 Å². The van der Waals surface area contributed by atoms with E-state index in [1.807, 2.05) is 43.3 Å². The van der Waals surface area contributed by atoms with Crippen molar-refractivity contribution in [3.8, 4) is 0 Å². The lowest BCUT2D eigenvalue weighted by atomic mass is 9.58. The lowest BCUT2D eigenvalue weighted by Gasteiger charge is -2.59. The number of rotatable bonds is 2. The van der Waals surface area contributed by atoms with Crippen molar-refractivity contribution >= 4 is 16.7 Å². The molecule has 8 atom stereocenters. The van der Waals surface area contributed by atoms with E-state index >= 15 is 0 Å². The van der Waals surface area contributed by atoms with E-state index in [1.165, 1.54) is 0 Å². The fourth-order valence-electron chi connectivity index (χ4n) is 6.58. The van der Waals surface area contributed by atoms with Gasteiger partial charge in [-0.2, -0.15) is 0 Å². The monoisotopic (exact) mass is 438 g/mol. The van der Waals surface area contributed by atoms with Crippen LogP contribution in [0.15, 0.2) is 42.5 Å². The molecular formula is C26H30O6. The van der Waals surface area contributed by atoms with Gasteiger partial charge in [-0.1, -0.05) is 50.2 Å². The molecule has 4 aliphatic heterocycles. The Balaban J connectivity index is 1.32. The standard InChI is InChI=1S/C26H30O6/c1-15-11-12-21-16(2)23(28-22(27)19-10-6-8-17-7-4-5-9-18(17)19)29-24-26(21)20(15)13-14-25(3,30-24)31-32-26/h4-10,15-16,20-21,23-24H,11-14H2,1-3H3/t15-,16-,20+,21+,23+,24-,25-,26-/m1/s1.